The highest BCUT2D eigenvalue weighted by molar-refractivity contribution is 9.10. The Bertz CT molecular complexity index is 1230. The number of hydrogen-bond donors (Lipinski definition) is 2. The van der Waals surface area contributed by atoms with Crippen molar-refractivity contribution in [2.24, 2.45) is 5.10 Å². The lowest BCUT2D eigenvalue weighted by Gasteiger charge is -2.08. The van der Waals surface area contributed by atoms with Crippen LogP contribution in [0.15, 0.2) is 57.4 Å². The average molecular weight is 571 g/mol. The fraction of sp³-hybridized carbons (Fsp3) is 0.182. The molecule has 3 rings (SSSR count). The van der Waals surface area contributed by atoms with Gasteiger partial charge in [-0.25, -0.2) is 15.2 Å². The van der Waals surface area contributed by atoms with E-state index in [1.54, 1.807) is 23.6 Å². The maximum absolute atomic E-state index is 12.9. The van der Waals surface area contributed by atoms with Gasteiger partial charge < -0.3 is 14.8 Å². The molecule has 0 fully saturated rings. The van der Waals surface area contributed by atoms with Crippen LogP contribution in [0.25, 0.3) is 0 Å². The molecule has 13 heteroatoms. The molecule has 8 nitrogen and oxygen atoms in total. The fourth-order valence-corrected chi connectivity index (χ4v) is 3.88. The Morgan fingerprint density at radius 2 is 2.03 bits per heavy atom. The first-order chi connectivity index (χ1) is 16.6. The van der Waals surface area contributed by atoms with E-state index in [1.165, 1.54) is 25.5 Å². The van der Waals surface area contributed by atoms with Crippen LogP contribution in [-0.2, 0) is 26.9 Å². The number of esters is 1. The van der Waals surface area contributed by atoms with Gasteiger partial charge in [0.2, 0.25) is 5.91 Å². The van der Waals surface area contributed by atoms with Crippen molar-refractivity contribution < 1.29 is 32.2 Å². The molecule has 0 aliphatic rings. The van der Waals surface area contributed by atoms with Crippen LogP contribution in [0, 0.1) is 0 Å². The van der Waals surface area contributed by atoms with Crippen molar-refractivity contribution in [2.45, 2.75) is 12.6 Å². The van der Waals surface area contributed by atoms with E-state index in [4.69, 9.17) is 4.74 Å². The molecule has 1 heterocycles. The normalized spacial score (nSPS) is 11.3. The number of ether oxygens (including phenoxy) is 2. The molecular weight excluding hydrogens is 553 g/mol. The molecule has 0 bridgehead atoms. The molecular formula is C22H18BrF3N4O4S. The van der Waals surface area contributed by atoms with Gasteiger partial charge in [0.25, 0.3) is 0 Å². The third-order valence-corrected chi connectivity index (χ3v) is 5.69. The number of benzene rings is 2. The quantitative estimate of drug-likeness (QED) is 0.215. The van der Waals surface area contributed by atoms with E-state index < -0.39 is 23.6 Å². The van der Waals surface area contributed by atoms with Crippen molar-refractivity contribution in [3.63, 3.8) is 0 Å². The Kier molecular flexibility index (Phi) is 8.82. The number of methoxy groups -OCH3 is 1. The lowest BCUT2D eigenvalue weighted by atomic mass is 10.2. The number of rotatable bonds is 9. The van der Waals surface area contributed by atoms with Crippen LogP contribution >= 0.6 is 27.3 Å². The number of nitrogens with zero attached hydrogens (tertiary/aromatic N) is 2. The molecule has 2 aromatic carbocycles. The summed E-state index contributed by atoms with van der Waals surface area (Å²) >= 11 is 4.49. The van der Waals surface area contributed by atoms with Crippen LogP contribution in [0.5, 0.6) is 5.75 Å². The van der Waals surface area contributed by atoms with Crippen LogP contribution in [0.1, 0.15) is 16.8 Å². The number of amides is 1. The van der Waals surface area contributed by atoms with Crippen molar-refractivity contribution in [1.29, 1.82) is 0 Å². The minimum atomic E-state index is -4.44. The predicted octanol–water partition coefficient (Wildman–Crippen LogP) is 4.91. The molecule has 0 spiro atoms. The molecule has 3 aromatic rings. The van der Waals surface area contributed by atoms with Gasteiger partial charge in [-0.3, -0.25) is 4.79 Å². The highest BCUT2D eigenvalue weighted by Crippen LogP contribution is 2.32. The predicted molar refractivity (Wildman–Crippen MR) is 128 cm³/mol. The van der Waals surface area contributed by atoms with Crippen LogP contribution in [0.3, 0.4) is 0 Å². The maximum atomic E-state index is 12.9. The summed E-state index contributed by atoms with van der Waals surface area (Å²) in [5.41, 5.74) is 2.95. The standard InChI is InChI=1S/C22H18BrF3N4O4S/c1-33-20(32)11-34-18-6-5-13(7-17(18)23)10-27-30-19(31)9-16-12-35-21(29-16)28-15-4-2-3-14(8-15)22(24,25)26/h2-8,10,12H,9,11H2,1H3,(H,28,29)(H,30,31)/b27-10-. The Morgan fingerprint density at radius 1 is 1.23 bits per heavy atom. The second-order valence-corrected chi connectivity index (χ2v) is 8.58. The Balaban J connectivity index is 1.51. The highest BCUT2D eigenvalue weighted by Gasteiger charge is 2.30. The topological polar surface area (TPSA) is 102 Å². The van der Waals surface area contributed by atoms with Gasteiger partial charge in [0, 0.05) is 11.1 Å². The lowest BCUT2D eigenvalue weighted by Crippen LogP contribution is -2.19. The number of halogens is 4. The molecule has 0 unspecified atom stereocenters. The second kappa shape index (κ2) is 11.8. The van der Waals surface area contributed by atoms with Gasteiger partial charge in [0.1, 0.15) is 5.75 Å². The third-order valence-electron chi connectivity index (χ3n) is 4.27. The molecule has 184 valence electrons. The van der Waals surface area contributed by atoms with E-state index in [0.29, 0.717) is 26.6 Å². The minimum absolute atomic E-state index is 0.0673. The molecule has 1 amide bonds. The number of alkyl halides is 3. The summed E-state index contributed by atoms with van der Waals surface area (Å²) in [6.45, 7) is -0.230. The summed E-state index contributed by atoms with van der Waals surface area (Å²) in [5, 5.41) is 8.69. The molecule has 0 radical (unpaired) electrons. The van der Waals surface area contributed by atoms with Crippen molar-refractivity contribution in [2.75, 3.05) is 19.0 Å². The van der Waals surface area contributed by atoms with E-state index in [9.17, 15) is 22.8 Å². The number of aromatic nitrogens is 1. The van der Waals surface area contributed by atoms with Gasteiger partial charge in [0.05, 0.1) is 35.5 Å². The fourth-order valence-electron chi connectivity index (χ4n) is 2.64. The van der Waals surface area contributed by atoms with Gasteiger partial charge >= 0.3 is 12.1 Å². The summed E-state index contributed by atoms with van der Waals surface area (Å²) < 4.78 is 49.0. The molecule has 35 heavy (non-hydrogen) atoms. The number of thiazole rings is 1. The number of carbonyl (C=O) groups excluding carboxylic acids is 2. The first-order valence-corrected chi connectivity index (χ1v) is 11.5. The summed E-state index contributed by atoms with van der Waals surface area (Å²) in [6.07, 6.45) is -3.09. The van der Waals surface area contributed by atoms with Crippen molar-refractivity contribution >= 4 is 56.2 Å². The minimum Gasteiger partial charge on any atom is -0.481 e. The van der Waals surface area contributed by atoms with Crippen LogP contribution in [-0.4, -0.2) is 36.8 Å². The van der Waals surface area contributed by atoms with Crippen LogP contribution in [0.2, 0.25) is 0 Å². The lowest BCUT2D eigenvalue weighted by molar-refractivity contribution is -0.143. The zero-order valence-corrected chi connectivity index (χ0v) is 20.5. The van der Waals surface area contributed by atoms with Crippen LogP contribution in [0.4, 0.5) is 24.0 Å². The van der Waals surface area contributed by atoms with E-state index in [1.807, 2.05) is 0 Å². The van der Waals surface area contributed by atoms with Gasteiger partial charge in [-0.05, 0) is 57.9 Å². The molecule has 0 atom stereocenters. The smallest absolute Gasteiger partial charge is 0.416 e. The van der Waals surface area contributed by atoms with Gasteiger partial charge in [-0.2, -0.15) is 18.3 Å². The van der Waals surface area contributed by atoms with E-state index in [2.05, 4.69) is 41.5 Å². The van der Waals surface area contributed by atoms with E-state index >= 15 is 0 Å². The largest absolute Gasteiger partial charge is 0.481 e. The molecule has 0 aliphatic carbocycles. The SMILES string of the molecule is COC(=O)COc1ccc(/C=N\NC(=O)Cc2csc(Nc3cccc(C(F)(F)F)c3)n2)cc1Br. The van der Waals surface area contributed by atoms with Crippen LogP contribution < -0.4 is 15.5 Å². The maximum Gasteiger partial charge on any atom is 0.416 e. The highest BCUT2D eigenvalue weighted by atomic mass is 79.9. The number of hydrazone groups is 1. The van der Waals surface area contributed by atoms with Crippen molar-refractivity contribution in [3.05, 3.63) is 69.1 Å². The first kappa shape index (κ1) is 26.2. The zero-order chi connectivity index (χ0) is 25.4. The number of hydrogen-bond acceptors (Lipinski definition) is 8. The Labute approximate surface area is 210 Å². The summed E-state index contributed by atoms with van der Waals surface area (Å²) in [5.74, 6) is -0.493. The van der Waals surface area contributed by atoms with E-state index in [-0.39, 0.29) is 18.7 Å². The average Bonchev–Trinajstić information content (AvgIpc) is 3.24. The summed E-state index contributed by atoms with van der Waals surface area (Å²) in [7, 11) is 1.26. The first-order valence-electron chi connectivity index (χ1n) is 9.84. The molecule has 0 saturated carbocycles. The Hall–Kier alpha value is -3.45. The summed E-state index contributed by atoms with van der Waals surface area (Å²) in [4.78, 5) is 27.5. The third kappa shape index (κ3) is 8.07. The molecule has 0 saturated heterocycles. The Morgan fingerprint density at radius 3 is 2.74 bits per heavy atom. The number of carbonyl (C=O) groups is 2. The van der Waals surface area contributed by atoms with Crippen molar-refractivity contribution in [3.8, 4) is 5.75 Å². The van der Waals surface area contributed by atoms with Gasteiger partial charge in [0.15, 0.2) is 11.7 Å². The zero-order valence-electron chi connectivity index (χ0n) is 18.1. The van der Waals surface area contributed by atoms with Crippen molar-refractivity contribution in [1.82, 2.24) is 10.4 Å². The molecule has 1 aromatic heterocycles. The monoisotopic (exact) mass is 570 g/mol. The number of anilines is 2. The van der Waals surface area contributed by atoms with Gasteiger partial charge in [-0.15, -0.1) is 11.3 Å². The van der Waals surface area contributed by atoms with Gasteiger partial charge in [-0.1, -0.05) is 6.07 Å². The molecule has 0 aliphatic heterocycles. The second-order valence-electron chi connectivity index (χ2n) is 6.87. The molecule has 2 N–H and O–H groups in total. The summed E-state index contributed by atoms with van der Waals surface area (Å²) in [6, 6.07) is 9.76. The van der Waals surface area contributed by atoms with E-state index in [0.717, 1.165) is 23.5 Å². The number of nitrogens with one attached hydrogen (secondary N) is 2.